The first-order chi connectivity index (χ1) is 12.4. The first-order valence-electron chi connectivity index (χ1n) is 8.67. The van der Waals surface area contributed by atoms with Gasteiger partial charge in [0.15, 0.2) is 0 Å². The number of benzene rings is 2. The highest BCUT2D eigenvalue weighted by Crippen LogP contribution is 2.30. The van der Waals surface area contributed by atoms with Gasteiger partial charge in [0, 0.05) is 23.0 Å². The Morgan fingerprint density at radius 2 is 1.73 bits per heavy atom. The van der Waals surface area contributed by atoms with E-state index in [-0.39, 0.29) is 23.5 Å². The Morgan fingerprint density at radius 1 is 1.04 bits per heavy atom. The molecule has 0 radical (unpaired) electrons. The molecule has 0 saturated heterocycles. The van der Waals surface area contributed by atoms with Crippen LogP contribution in [0.15, 0.2) is 42.5 Å². The number of hydrogen-bond acceptors (Lipinski definition) is 3. The zero-order valence-corrected chi connectivity index (χ0v) is 14.8. The predicted molar refractivity (Wildman–Crippen MR) is 101 cm³/mol. The van der Waals surface area contributed by atoms with Crippen molar-refractivity contribution in [1.29, 1.82) is 0 Å². The highest BCUT2D eigenvalue weighted by atomic mass is 19.1. The molecule has 0 aromatic heterocycles. The van der Waals surface area contributed by atoms with Gasteiger partial charge >= 0.3 is 0 Å². The number of aryl methyl sites for hydroxylation is 1. The van der Waals surface area contributed by atoms with Gasteiger partial charge < -0.3 is 16.0 Å². The lowest BCUT2D eigenvalue weighted by molar-refractivity contribution is -0.117. The number of amides is 2. The Hall–Kier alpha value is -2.89. The van der Waals surface area contributed by atoms with Gasteiger partial charge in [-0.15, -0.1) is 0 Å². The van der Waals surface area contributed by atoms with E-state index in [1.165, 1.54) is 6.07 Å². The van der Waals surface area contributed by atoms with Gasteiger partial charge in [0.1, 0.15) is 11.9 Å². The molecule has 1 aliphatic rings. The molecule has 1 unspecified atom stereocenters. The smallest absolute Gasteiger partial charge is 0.246 e. The van der Waals surface area contributed by atoms with Gasteiger partial charge in [-0.2, -0.15) is 0 Å². The minimum atomic E-state index is -0.534. The maximum Gasteiger partial charge on any atom is 0.246 e. The Morgan fingerprint density at radius 3 is 2.42 bits per heavy atom. The maximum absolute atomic E-state index is 13.6. The Bertz CT molecular complexity index is 834. The second-order valence-electron chi connectivity index (χ2n) is 6.66. The van der Waals surface area contributed by atoms with Crippen molar-refractivity contribution in [3.8, 4) is 0 Å². The highest BCUT2D eigenvalue weighted by Gasteiger charge is 2.29. The molecule has 136 valence electrons. The highest BCUT2D eigenvalue weighted by molar-refractivity contribution is 5.97. The number of hydrogen-bond donors (Lipinski definition) is 3. The summed E-state index contributed by atoms with van der Waals surface area (Å²) >= 11 is 0. The van der Waals surface area contributed by atoms with Crippen LogP contribution >= 0.6 is 0 Å². The molecule has 0 spiro atoms. The van der Waals surface area contributed by atoms with Crippen molar-refractivity contribution in [2.75, 3.05) is 16.0 Å². The zero-order valence-electron chi connectivity index (χ0n) is 14.8. The van der Waals surface area contributed by atoms with E-state index >= 15 is 0 Å². The van der Waals surface area contributed by atoms with Crippen molar-refractivity contribution in [3.05, 3.63) is 53.8 Å². The molecule has 6 heteroatoms. The fraction of sp³-hybridized carbons (Fsp3) is 0.300. The Kier molecular flexibility index (Phi) is 5.21. The summed E-state index contributed by atoms with van der Waals surface area (Å²) < 4.78 is 13.6. The number of rotatable bonds is 6. The van der Waals surface area contributed by atoms with Crippen LogP contribution in [0.3, 0.4) is 0 Å². The molecule has 26 heavy (non-hydrogen) atoms. The number of carbonyl (C=O) groups excluding carboxylic acids is 2. The van der Waals surface area contributed by atoms with Gasteiger partial charge in [-0.3, -0.25) is 9.59 Å². The van der Waals surface area contributed by atoms with E-state index in [0.29, 0.717) is 16.9 Å². The van der Waals surface area contributed by atoms with Crippen LogP contribution in [-0.4, -0.2) is 17.9 Å². The van der Waals surface area contributed by atoms with Gasteiger partial charge in [0.2, 0.25) is 11.8 Å². The van der Waals surface area contributed by atoms with Gasteiger partial charge in [-0.05, 0) is 62.6 Å². The second kappa shape index (κ2) is 7.56. The van der Waals surface area contributed by atoms with Crippen molar-refractivity contribution in [1.82, 2.24) is 0 Å². The molecule has 3 rings (SSSR count). The first kappa shape index (κ1) is 17.9. The summed E-state index contributed by atoms with van der Waals surface area (Å²) in [7, 11) is 0. The van der Waals surface area contributed by atoms with Gasteiger partial charge in [0.05, 0.1) is 0 Å². The van der Waals surface area contributed by atoms with E-state index in [4.69, 9.17) is 0 Å². The molecule has 2 amide bonds. The quantitative estimate of drug-likeness (QED) is 0.735. The molecular formula is C20H22FN3O2. The van der Waals surface area contributed by atoms with E-state index in [1.54, 1.807) is 32.0 Å². The molecule has 1 fully saturated rings. The van der Waals surface area contributed by atoms with Gasteiger partial charge in [-0.1, -0.05) is 12.1 Å². The minimum Gasteiger partial charge on any atom is -0.374 e. The summed E-state index contributed by atoms with van der Waals surface area (Å²) in [5, 5.41) is 8.66. The molecule has 0 bridgehead atoms. The first-order valence-corrected chi connectivity index (χ1v) is 8.67. The van der Waals surface area contributed by atoms with Crippen molar-refractivity contribution in [3.63, 3.8) is 0 Å². The summed E-state index contributed by atoms with van der Waals surface area (Å²) in [5.74, 6) is -0.469. The molecule has 0 aliphatic heterocycles. The van der Waals surface area contributed by atoms with Crippen molar-refractivity contribution in [2.24, 2.45) is 5.92 Å². The SMILES string of the molecule is Cc1ccc(NC(=O)C(C)Nc2cccc(NC(=O)C3CC3)c2)cc1F. The third-order valence-electron chi connectivity index (χ3n) is 4.29. The third kappa shape index (κ3) is 4.59. The number of anilines is 3. The number of nitrogens with one attached hydrogen (secondary N) is 3. The second-order valence-corrected chi connectivity index (χ2v) is 6.66. The standard InChI is InChI=1S/C20H22FN3O2/c1-12-6-9-17(11-18(12)21)23-19(25)13(2)22-15-4-3-5-16(10-15)24-20(26)14-7-8-14/h3-6,9-11,13-14,22H,7-8H2,1-2H3,(H,23,25)(H,24,26). The van der Waals surface area contributed by atoms with Gasteiger partial charge in [-0.25, -0.2) is 4.39 Å². The zero-order chi connectivity index (χ0) is 18.7. The Balaban J connectivity index is 1.59. The lowest BCUT2D eigenvalue weighted by atomic mass is 10.2. The minimum absolute atomic E-state index is 0.0364. The van der Waals surface area contributed by atoms with Crippen molar-refractivity contribution in [2.45, 2.75) is 32.7 Å². The summed E-state index contributed by atoms with van der Waals surface area (Å²) in [4.78, 5) is 24.2. The molecule has 5 nitrogen and oxygen atoms in total. The van der Waals surface area contributed by atoms with Crippen LogP contribution < -0.4 is 16.0 Å². The van der Waals surface area contributed by atoms with Gasteiger partial charge in [0.25, 0.3) is 0 Å². The molecule has 3 N–H and O–H groups in total. The maximum atomic E-state index is 13.6. The van der Waals surface area contributed by atoms with E-state index in [0.717, 1.165) is 18.5 Å². The average molecular weight is 355 g/mol. The van der Waals surface area contributed by atoms with Crippen molar-refractivity contribution >= 4 is 28.9 Å². The van der Waals surface area contributed by atoms with E-state index in [9.17, 15) is 14.0 Å². The normalized spacial score (nSPS) is 14.4. The summed E-state index contributed by atoms with van der Waals surface area (Å²) in [6.07, 6.45) is 1.89. The predicted octanol–water partition coefficient (Wildman–Crippen LogP) is 3.92. The van der Waals surface area contributed by atoms with Crippen LogP contribution in [0.5, 0.6) is 0 Å². The number of halogens is 1. The van der Waals surface area contributed by atoms with Crippen LogP contribution in [0.1, 0.15) is 25.3 Å². The average Bonchev–Trinajstić information content (AvgIpc) is 3.43. The largest absolute Gasteiger partial charge is 0.374 e. The van der Waals surface area contributed by atoms with Crippen LogP contribution in [0, 0.1) is 18.7 Å². The summed E-state index contributed by atoms with van der Waals surface area (Å²) in [6, 6.07) is 11.3. The molecular weight excluding hydrogens is 333 g/mol. The molecule has 2 aromatic carbocycles. The third-order valence-corrected chi connectivity index (χ3v) is 4.29. The number of carbonyl (C=O) groups is 2. The molecule has 0 heterocycles. The monoisotopic (exact) mass is 355 g/mol. The van der Waals surface area contributed by atoms with Crippen LogP contribution in [-0.2, 0) is 9.59 Å². The van der Waals surface area contributed by atoms with E-state index < -0.39 is 6.04 Å². The fourth-order valence-electron chi connectivity index (χ4n) is 2.51. The van der Waals surface area contributed by atoms with Crippen LogP contribution in [0.2, 0.25) is 0 Å². The fourth-order valence-corrected chi connectivity index (χ4v) is 2.51. The van der Waals surface area contributed by atoms with E-state index in [1.807, 2.05) is 18.2 Å². The summed E-state index contributed by atoms with van der Waals surface area (Å²) in [5.41, 5.74) is 2.35. The summed E-state index contributed by atoms with van der Waals surface area (Å²) in [6.45, 7) is 3.38. The van der Waals surface area contributed by atoms with E-state index in [2.05, 4.69) is 16.0 Å². The van der Waals surface area contributed by atoms with Crippen molar-refractivity contribution < 1.29 is 14.0 Å². The molecule has 1 saturated carbocycles. The lowest BCUT2D eigenvalue weighted by Gasteiger charge is -2.16. The lowest BCUT2D eigenvalue weighted by Crippen LogP contribution is -2.31. The Labute approximate surface area is 152 Å². The molecule has 1 atom stereocenters. The van der Waals surface area contributed by atoms with Crippen LogP contribution in [0.4, 0.5) is 21.5 Å². The van der Waals surface area contributed by atoms with Crippen LogP contribution in [0.25, 0.3) is 0 Å². The topological polar surface area (TPSA) is 70.2 Å². The molecule has 2 aromatic rings. The molecule has 1 aliphatic carbocycles.